The van der Waals surface area contributed by atoms with Gasteiger partial charge in [0.25, 0.3) is 5.69 Å². The zero-order valence-corrected chi connectivity index (χ0v) is 9.60. The normalized spacial score (nSPS) is 10.9. The first-order valence-corrected chi connectivity index (χ1v) is 4.98. The molecule has 0 aliphatic carbocycles. The highest BCUT2D eigenvalue weighted by Crippen LogP contribution is 2.21. The van der Waals surface area contributed by atoms with Gasteiger partial charge in [0.05, 0.1) is 10.5 Å². The Morgan fingerprint density at radius 3 is 2.40 bits per heavy atom. The van der Waals surface area contributed by atoms with Crippen LogP contribution in [0.2, 0.25) is 0 Å². The fourth-order valence-electron chi connectivity index (χ4n) is 1.29. The van der Waals surface area contributed by atoms with Gasteiger partial charge < -0.3 is 10.4 Å². The highest BCUT2D eigenvalue weighted by Gasteiger charge is 2.38. The lowest BCUT2D eigenvalue weighted by atomic mass is 10.1. The summed E-state index contributed by atoms with van der Waals surface area (Å²) in [5.74, 6) is -3.66. The molecule has 7 nitrogen and oxygen atoms in total. The lowest BCUT2D eigenvalue weighted by Gasteiger charge is -2.08. The van der Waals surface area contributed by atoms with Gasteiger partial charge in [-0.25, -0.2) is 4.79 Å². The van der Waals surface area contributed by atoms with E-state index in [2.05, 4.69) is 0 Å². The average Bonchev–Trinajstić information content (AvgIpc) is 2.34. The summed E-state index contributed by atoms with van der Waals surface area (Å²) in [7, 11) is 0. The van der Waals surface area contributed by atoms with Crippen molar-refractivity contribution >= 4 is 17.6 Å². The molecule has 20 heavy (non-hydrogen) atoms. The van der Waals surface area contributed by atoms with Gasteiger partial charge >= 0.3 is 18.1 Å². The third-order valence-electron chi connectivity index (χ3n) is 2.23. The number of benzene rings is 1. The molecule has 10 heteroatoms. The number of aromatic carboxylic acids is 1. The van der Waals surface area contributed by atoms with Crippen molar-refractivity contribution in [1.82, 2.24) is 5.32 Å². The summed E-state index contributed by atoms with van der Waals surface area (Å²) in [5.41, 5.74) is -1.31. The molecule has 0 bridgehead atoms. The van der Waals surface area contributed by atoms with Gasteiger partial charge in [0.2, 0.25) is 0 Å². The summed E-state index contributed by atoms with van der Waals surface area (Å²) < 4.78 is 35.9. The molecule has 0 heterocycles. The maximum Gasteiger partial charge on any atom is 0.471 e. The fraction of sp³-hybridized carbons (Fsp3) is 0.200. The second-order valence-corrected chi connectivity index (χ2v) is 3.59. The monoisotopic (exact) mass is 292 g/mol. The molecule has 0 saturated heterocycles. The van der Waals surface area contributed by atoms with E-state index in [1.54, 1.807) is 0 Å². The Morgan fingerprint density at radius 2 is 1.95 bits per heavy atom. The van der Waals surface area contributed by atoms with Gasteiger partial charge in [-0.1, -0.05) is 0 Å². The van der Waals surface area contributed by atoms with Gasteiger partial charge in [-0.2, -0.15) is 13.2 Å². The Morgan fingerprint density at radius 1 is 1.35 bits per heavy atom. The molecule has 0 fully saturated rings. The first-order valence-electron chi connectivity index (χ1n) is 4.98. The number of hydrogen-bond donors (Lipinski definition) is 2. The SMILES string of the molecule is O=C(O)c1ccc(CNC(=O)C(F)(F)F)c([N+](=O)[O-])c1. The number of halogens is 3. The highest BCUT2D eigenvalue weighted by molar-refractivity contribution is 5.88. The number of amides is 1. The lowest BCUT2D eigenvalue weighted by molar-refractivity contribution is -0.385. The number of nitrogens with zero attached hydrogens (tertiary/aromatic N) is 1. The second kappa shape index (κ2) is 5.55. The Bertz CT molecular complexity index is 571. The van der Waals surface area contributed by atoms with Gasteiger partial charge in [0.1, 0.15) is 0 Å². The topological polar surface area (TPSA) is 110 Å². The number of rotatable bonds is 4. The second-order valence-electron chi connectivity index (χ2n) is 3.59. The van der Waals surface area contributed by atoms with E-state index in [4.69, 9.17) is 5.11 Å². The number of nitro benzene ring substituents is 1. The van der Waals surface area contributed by atoms with Crippen LogP contribution in [0.15, 0.2) is 18.2 Å². The number of nitro groups is 1. The third-order valence-corrected chi connectivity index (χ3v) is 2.23. The van der Waals surface area contributed by atoms with Crippen molar-refractivity contribution < 1.29 is 32.8 Å². The number of carbonyl (C=O) groups is 2. The molecule has 0 spiro atoms. The van der Waals surface area contributed by atoms with Crippen LogP contribution >= 0.6 is 0 Å². The molecule has 108 valence electrons. The van der Waals surface area contributed by atoms with E-state index in [1.807, 2.05) is 0 Å². The van der Waals surface area contributed by atoms with Crippen LogP contribution in [0.25, 0.3) is 0 Å². The van der Waals surface area contributed by atoms with E-state index in [0.29, 0.717) is 6.07 Å². The maximum absolute atomic E-state index is 12.0. The molecule has 0 aromatic heterocycles. The molecule has 0 atom stereocenters. The van der Waals surface area contributed by atoms with Crippen LogP contribution in [0.5, 0.6) is 0 Å². The van der Waals surface area contributed by atoms with Crippen molar-refractivity contribution in [2.45, 2.75) is 12.7 Å². The Balaban J connectivity index is 2.98. The smallest absolute Gasteiger partial charge is 0.471 e. The van der Waals surface area contributed by atoms with Gasteiger partial charge in [-0.05, 0) is 12.1 Å². The summed E-state index contributed by atoms with van der Waals surface area (Å²) in [4.78, 5) is 31.0. The van der Waals surface area contributed by atoms with E-state index in [9.17, 15) is 32.9 Å². The van der Waals surface area contributed by atoms with Crippen LogP contribution < -0.4 is 5.32 Å². The lowest BCUT2D eigenvalue weighted by Crippen LogP contribution is -2.36. The summed E-state index contributed by atoms with van der Waals surface area (Å²) in [6, 6.07) is 2.67. The fourth-order valence-corrected chi connectivity index (χ4v) is 1.29. The zero-order valence-electron chi connectivity index (χ0n) is 9.60. The Hall–Kier alpha value is -2.65. The van der Waals surface area contributed by atoms with Gasteiger partial charge in [-0.15, -0.1) is 0 Å². The predicted molar refractivity (Wildman–Crippen MR) is 58.0 cm³/mol. The van der Waals surface area contributed by atoms with Gasteiger partial charge in [0, 0.05) is 18.2 Å². The molecule has 0 aliphatic rings. The van der Waals surface area contributed by atoms with E-state index in [0.717, 1.165) is 12.1 Å². The summed E-state index contributed by atoms with van der Waals surface area (Å²) in [6.45, 7) is -0.742. The van der Waals surface area contributed by atoms with Crippen molar-refractivity contribution in [3.8, 4) is 0 Å². The van der Waals surface area contributed by atoms with E-state index < -0.39 is 35.2 Å². The first kappa shape index (κ1) is 15.4. The quantitative estimate of drug-likeness (QED) is 0.645. The van der Waals surface area contributed by atoms with Crippen LogP contribution in [-0.2, 0) is 11.3 Å². The first-order chi connectivity index (χ1) is 9.12. The molecule has 1 amide bonds. The number of hydrogen-bond acceptors (Lipinski definition) is 4. The van der Waals surface area contributed by atoms with Crippen LogP contribution in [0, 0.1) is 10.1 Å². The van der Waals surface area contributed by atoms with E-state index in [-0.39, 0.29) is 11.1 Å². The zero-order chi connectivity index (χ0) is 15.5. The van der Waals surface area contributed by atoms with Crippen molar-refractivity contribution in [3.05, 3.63) is 39.4 Å². The molecule has 1 rings (SSSR count). The Labute approximate surface area is 109 Å². The number of alkyl halides is 3. The van der Waals surface area contributed by atoms with Crippen LogP contribution in [-0.4, -0.2) is 28.1 Å². The molecular weight excluding hydrogens is 285 g/mol. The minimum Gasteiger partial charge on any atom is -0.478 e. The Kier molecular flexibility index (Phi) is 4.27. The van der Waals surface area contributed by atoms with Crippen molar-refractivity contribution in [2.75, 3.05) is 0 Å². The largest absolute Gasteiger partial charge is 0.478 e. The average molecular weight is 292 g/mol. The molecule has 2 N–H and O–H groups in total. The van der Waals surface area contributed by atoms with Gasteiger partial charge in [-0.3, -0.25) is 14.9 Å². The van der Waals surface area contributed by atoms with Gasteiger partial charge in [0.15, 0.2) is 0 Å². The van der Waals surface area contributed by atoms with E-state index in [1.165, 1.54) is 5.32 Å². The summed E-state index contributed by atoms with van der Waals surface area (Å²) in [6.07, 6.45) is -5.10. The molecule has 1 aromatic rings. The molecule has 0 saturated carbocycles. The molecule has 0 aliphatic heterocycles. The standard InChI is InChI=1S/C10H7F3N2O5/c11-10(12,13)9(18)14-4-6-2-1-5(8(16)17)3-7(6)15(19)20/h1-3H,4H2,(H,14,18)(H,16,17). The molecule has 0 unspecified atom stereocenters. The van der Waals surface area contributed by atoms with Crippen LogP contribution in [0.3, 0.4) is 0 Å². The molecular formula is C10H7F3N2O5. The highest BCUT2D eigenvalue weighted by atomic mass is 19.4. The van der Waals surface area contributed by atoms with Crippen LogP contribution in [0.1, 0.15) is 15.9 Å². The minimum atomic E-state index is -5.10. The summed E-state index contributed by atoms with van der Waals surface area (Å²) >= 11 is 0. The summed E-state index contributed by atoms with van der Waals surface area (Å²) in [5, 5.41) is 20.8. The predicted octanol–water partition coefficient (Wildman–Crippen LogP) is 1.47. The van der Waals surface area contributed by atoms with Crippen molar-refractivity contribution in [2.24, 2.45) is 0 Å². The third kappa shape index (κ3) is 3.67. The van der Waals surface area contributed by atoms with Crippen LogP contribution in [0.4, 0.5) is 18.9 Å². The number of carboxylic acid groups (broad SMARTS) is 1. The van der Waals surface area contributed by atoms with Crippen molar-refractivity contribution in [3.63, 3.8) is 0 Å². The number of carboxylic acids is 1. The maximum atomic E-state index is 12.0. The number of nitrogens with one attached hydrogen (secondary N) is 1. The molecule has 0 radical (unpaired) electrons. The van der Waals surface area contributed by atoms with E-state index >= 15 is 0 Å². The minimum absolute atomic E-state index is 0.238. The number of carbonyl (C=O) groups excluding carboxylic acids is 1. The molecule has 1 aromatic carbocycles. The van der Waals surface area contributed by atoms with Crippen molar-refractivity contribution in [1.29, 1.82) is 0 Å².